The van der Waals surface area contributed by atoms with Crippen LogP contribution in [0.1, 0.15) is 36.7 Å². The molecule has 0 radical (unpaired) electrons. The van der Waals surface area contributed by atoms with Crippen LogP contribution in [0.3, 0.4) is 0 Å². The zero-order chi connectivity index (χ0) is 12.3. The van der Waals surface area contributed by atoms with Gasteiger partial charge < -0.3 is 10.2 Å². The molecule has 0 saturated heterocycles. The third kappa shape index (κ3) is 2.54. The maximum Gasteiger partial charge on any atom is 0.274 e. The Morgan fingerprint density at radius 1 is 1.53 bits per heavy atom. The van der Waals surface area contributed by atoms with Crippen molar-refractivity contribution in [1.82, 2.24) is 14.9 Å². The summed E-state index contributed by atoms with van der Waals surface area (Å²) in [7, 11) is 1.84. The molecule has 0 aliphatic heterocycles. The van der Waals surface area contributed by atoms with Gasteiger partial charge in [0.25, 0.3) is 5.91 Å². The van der Waals surface area contributed by atoms with E-state index in [-0.39, 0.29) is 5.91 Å². The standard InChI is InChI=1S/C12H18N4O/c1-3-14-11-8-13-7-10(15-11)12(17)16(2)9-5-4-6-9/h7-9H,3-6H2,1-2H3,(H,14,15). The summed E-state index contributed by atoms with van der Waals surface area (Å²) in [5.74, 6) is 0.613. The second-order valence-electron chi connectivity index (χ2n) is 4.32. The van der Waals surface area contributed by atoms with Crippen LogP contribution in [0.4, 0.5) is 5.82 Å². The molecule has 0 aromatic carbocycles. The van der Waals surface area contributed by atoms with Crippen molar-refractivity contribution in [2.24, 2.45) is 0 Å². The number of amides is 1. The summed E-state index contributed by atoms with van der Waals surface area (Å²) in [6.45, 7) is 2.75. The fourth-order valence-corrected chi connectivity index (χ4v) is 1.86. The molecule has 1 aliphatic carbocycles. The summed E-state index contributed by atoms with van der Waals surface area (Å²) in [5.41, 5.74) is 0.415. The Labute approximate surface area is 101 Å². The molecule has 0 atom stereocenters. The van der Waals surface area contributed by atoms with Crippen molar-refractivity contribution in [3.05, 3.63) is 18.1 Å². The minimum absolute atomic E-state index is 0.0399. The minimum atomic E-state index is -0.0399. The highest BCUT2D eigenvalue weighted by Crippen LogP contribution is 2.24. The second-order valence-corrected chi connectivity index (χ2v) is 4.32. The Kier molecular flexibility index (Phi) is 3.56. The second kappa shape index (κ2) is 5.12. The van der Waals surface area contributed by atoms with Crippen molar-refractivity contribution in [2.75, 3.05) is 18.9 Å². The van der Waals surface area contributed by atoms with E-state index in [4.69, 9.17) is 0 Å². The van der Waals surface area contributed by atoms with Crippen LogP contribution >= 0.6 is 0 Å². The van der Waals surface area contributed by atoms with Gasteiger partial charge >= 0.3 is 0 Å². The van der Waals surface area contributed by atoms with Crippen LogP contribution in [0.2, 0.25) is 0 Å². The third-order valence-electron chi connectivity index (χ3n) is 3.15. The van der Waals surface area contributed by atoms with Gasteiger partial charge in [-0.05, 0) is 26.2 Å². The predicted molar refractivity (Wildman–Crippen MR) is 65.9 cm³/mol. The molecule has 1 fully saturated rings. The number of carbonyl (C=O) groups excluding carboxylic acids is 1. The number of nitrogens with zero attached hydrogens (tertiary/aromatic N) is 3. The van der Waals surface area contributed by atoms with E-state index in [1.54, 1.807) is 11.1 Å². The smallest absolute Gasteiger partial charge is 0.274 e. The van der Waals surface area contributed by atoms with Crippen LogP contribution < -0.4 is 5.32 Å². The molecule has 1 amide bonds. The first-order chi connectivity index (χ1) is 8.22. The highest BCUT2D eigenvalue weighted by Gasteiger charge is 2.27. The van der Waals surface area contributed by atoms with E-state index in [9.17, 15) is 4.79 Å². The molecule has 5 heteroatoms. The van der Waals surface area contributed by atoms with Crippen molar-refractivity contribution in [1.29, 1.82) is 0 Å². The molecule has 1 heterocycles. The van der Waals surface area contributed by atoms with E-state index in [2.05, 4.69) is 15.3 Å². The molecular weight excluding hydrogens is 216 g/mol. The van der Waals surface area contributed by atoms with Crippen LogP contribution in [0.25, 0.3) is 0 Å². The van der Waals surface area contributed by atoms with E-state index in [0.717, 1.165) is 19.4 Å². The van der Waals surface area contributed by atoms with E-state index < -0.39 is 0 Å². The van der Waals surface area contributed by atoms with Gasteiger partial charge in [0, 0.05) is 19.6 Å². The van der Waals surface area contributed by atoms with Crippen LogP contribution in [0.5, 0.6) is 0 Å². The Morgan fingerprint density at radius 3 is 2.88 bits per heavy atom. The first-order valence-corrected chi connectivity index (χ1v) is 6.05. The molecule has 92 valence electrons. The van der Waals surface area contributed by atoms with Gasteiger partial charge in [-0.1, -0.05) is 0 Å². The summed E-state index contributed by atoms with van der Waals surface area (Å²) in [5, 5.41) is 3.05. The Bertz CT molecular complexity index is 403. The van der Waals surface area contributed by atoms with Gasteiger partial charge in [-0.2, -0.15) is 0 Å². The molecule has 1 saturated carbocycles. The zero-order valence-corrected chi connectivity index (χ0v) is 10.3. The number of aromatic nitrogens is 2. The van der Waals surface area contributed by atoms with Gasteiger partial charge in [-0.25, -0.2) is 4.98 Å². The van der Waals surface area contributed by atoms with E-state index >= 15 is 0 Å². The normalized spacial score (nSPS) is 15.2. The fraction of sp³-hybridized carbons (Fsp3) is 0.583. The molecule has 0 spiro atoms. The largest absolute Gasteiger partial charge is 0.369 e. The van der Waals surface area contributed by atoms with Crippen molar-refractivity contribution in [2.45, 2.75) is 32.2 Å². The van der Waals surface area contributed by atoms with Crippen LogP contribution in [-0.4, -0.2) is 40.4 Å². The number of anilines is 1. The fourth-order valence-electron chi connectivity index (χ4n) is 1.86. The van der Waals surface area contributed by atoms with Gasteiger partial charge in [0.05, 0.1) is 12.4 Å². The first-order valence-electron chi connectivity index (χ1n) is 6.05. The number of hydrogen-bond donors (Lipinski definition) is 1. The topological polar surface area (TPSA) is 58.1 Å². The third-order valence-corrected chi connectivity index (χ3v) is 3.15. The van der Waals surface area contributed by atoms with Gasteiger partial charge in [0.1, 0.15) is 11.5 Å². The van der Waals surface area contributed by atoms with Crippen molar-refractivity contribution >= 4 is 11.7 Å². The predicted octanol–water partition coefficient (Wildman–Crippen LogP) is 1.53. The highest BCUT2D eigenvalue weighted by atomic mass is 16.2. The minimum Gasteiger partial charge on any atom is -0.369 e. The summed E-state index contributed by atoms with van der Waals surface area (Å²) >= 11 is 0. The molecule has 0 unspecified atom stereocenters. The van der Waals surface area contributed by atoms with E-state index in [1.165, 1.54) is 12.6 Å². The lowest BCUT2D eigenvalue weighted by Crippen LogP contribution is -2.41. The monoisotopic (exact) mass is 234 g/mol. The lowest BCUT2D eigenvalue weighted by atomic mass is 9.92. The molecule has 1 aromatic heterocycles. The lowest BCUT2D eigenvalue weighted by Gasteiger charge is -2.34. The lowest BCUT2D eigenvalue weighted by molar-refractivity contribution is 0.0645. The van der Waals surface area contributed by atoms with Gasteiger partial charge in [0.15, 0.2) is 0 Å². The summed E-state index contributed by atoms with van der Waals surface area (Å²) in [6, 6.07) is 0.382. The van der Waals surface area contributed by atoms with Gasteiger partial charge in [0.2, 0.25) is 0 Å². The maximum atomic E-state index is 12.1. The molecule has 1 aromatic rings. The Morgan fingerprint density at radius 2 is 2.29 bits per heavy atom. The van der Waals surface area contributed by atoms with Gasteiger partial charge in [-0.3, -0.25) is 9.78 Å². The molecule has 0 bridgehead atoms. The number of carbonyl (C=O) groups is 1. The van der Waals surface area contributed by atoms with Crippen LogP contribution in [0.15, 0.2) is 12.4 Å². The summed E-state index contributed by atoms with van der Waals surface area (Å²) < 4.78 is 0. The SMILES string of the molecule is CCNc1cncc(C(=O)N(C)C2CCC2)n1. The first kappa shape index (κ1) is 11.8. The number of rotatable bonds is 4. The average Bonchev–Trinajstić information content (AvgIpc) is 2.26. The van der Waals surface area contributed by atoms with Crippen LogP contribution in [-0.2, 0) is 0 Å². The molecule has 2 rings (SSSR count). The number of nitrogens with one attached hydrogen (secondary N) is 1. The molecule has 1 aliphatic rings. The van der Waals surface area contributed by atoms with Crippen molar-refractivity contribution in [3.63, 3.8) is 0 Å². The van der Waals surface area contributed by atoms with Crippen molar-refractivity contribution in [3.8, 4) is 0 Å². The molecule has 5 nitrogen and oxygen atoms in total. The summed E-state index contributed by atoms with van der Waals surface area (Å²) in [6.07, 6.45) is 6.57. The number of hydrogen-bond acceptors (Lipinski definition) is 4. The maximum absolute atomic E-state index is 12.1. The Hall–Kier alpha value is -1.65. The zero-order valence-electron chi connectivity index (χ0n) is 10.3. The van der Waals surface area contributed by atoms with E-state index in [1.807, 2.05) is 14.0 Å². The highest BCUT2D eigenvalue weighted by molar-refractivity contribution is 5.92. The molecule has 1 N–H and O–H groups in total. The van der Waals surface area contributed by atoms with Gasteiger partial charge in [-0.15, -0.1) is 0 Å². The van der Waals surface area contributed by atoms with Crippen molar-refractivity contribution < 1.29 is 4.79 Å². The molecule has 17 heavy (non-hydrogen) atoms. The Balaban J connectivity index is 2.09. The summed E-state index contributed by atoms with van der Waals surface area (Å²) in [4.78, 5) is 22.2. The average molecular weight is 234 g/mol. The van der Waals surface area contributed by atoms with E-state index in [0.29, 0.717) is 17.6 Å². The van der Waals surface area contributed by atoms with Crippen LogP contribution in [0, 0.1) is 0 Å². The quantitative estimate of drug-likeness (QED) is 0.858. The molecular formula is C12H18N4O.